The molecule has 8 heteroatoms. The molecule has 0 radical (unpaired) electrons. The average molecular weight is 463 g/mol. The van der Waals surface area contributed by atoms with Gasteiger partial charge in [0.2, 0.25) is 11.8 Å². The summed E-state index contributed by atoms with van der Waals surface area (Å²) in [7, 11) is 0. The van der Waals surface area contributed by atoms with Gasteiger partial charge in [0.05, 0.1) is 11.8 Å². The molecule has 3 fully saturated rings. The summed E-state index contributed by atoms with van der Waals surface area (Å²) in [5.74, 6) is -1.79. The predicted molar refractivity (Wildman–Crippen MR) is 108 cm³/mol. The van der Waals surface area contributed by atoms with Crippen LogP contribution in [0.3, 0.4) is 0 Å². The standard InChI is InChI=1S/C21H23BrN2O5/c1-10-7-14(5-6-15(10)22)23-16(25)9-29-21(28)11(2)24-19(26)17-12-3-4-13(8-12)18(17)20(24)27/h5-7,11-13,17-18H,3-4,8-9H2,1-2H3,(H,23,25)/t11-,12-,13-,17-,18+/m0/s1. The lowest BCUT2D eigenvalue weighted by Crippen LogP contribution is -2.45. The zero-order chi connectivity index (χ0) is 20.9. The van der Waals surface area contributed by atoms with E-state index in [0.717, 1.165) is 34.2 Å². The Labute approximate surface area is 177 Å². The van der Waals surface area contributed by atoms with Crippen molar-refractivity contribution in [3.05, 3.63) is 28.2 Å². The van der Waals surface area contributed by atoms with Crippen molar-refractivity contribution in [2.75, 3.05) is 11.9 Å². The summed E-state index contributed by atoms with van der Waals surface area (Å²) in [6.45, 7) is 2.90. The predicted octanol–water partition coefficient (Wildman–Crippen LogP) is 2.66. The molecule has 0 aromatic heterocycles. The Morgan fingerprint density at radius 1 is 1.21 bits per heavy atom. The second-order valence-corrected chi connectivity index (χ2v) is 9.08. The monoisotopic (exact) mass is 462 g/mol. The van der Waals surface area contributed by atoms with Gasteiger partial charge in [0.1, 0.15) is 6.04 Å². The number of likely N-dealkylation sites (tertiary alicyclic amines) is 1. The molecule has 1 saturated heterocycles. The van der Waals surface area contributed by atoms with Gasteiger partial charge in [0.15, 0.2) is 6.61 Å². The molecule has 2 saturated carbocycles. The highest BCUT2D eigenvalue weighted by molar-refractivity contribution is 9.10. The third kappa shape index (κ3) is 3.47. The number of aryl methyl sites for hydroxylation is 1. The van der Waals surface area contributed by atoms with Crippen LogP contribution in [0.15, 0.2) is 22.7 Å². The van der Waals surface area contributed by atoms with Crippen molar-refractivity contribution in [1.29, 1.82) is 0 Å². The molecule has 1 N–H and O–H groups in total. The summed E-state index contributed by atoms with van der Waals surface area (Å²) < 4.78 is 6.01. The molecule has 1 aliphatic heterocycles. The molecule has 29 heavy (non-hydrogen) atoms. The summed E-state index contributed by atoms with van der Waals surface area (Å²) in [4.78, 5) is 51.2. The summed E-state index contributed by atoms with van der Waals surface area (Å²) in [6, 6.07) is 4.31. The maximum atomic E-state index is 12.8. The quantitative estimate of drug-likeness (QED) is 0.536. The molecule has 154 valence electrons. The summed E-state index contributed by atoms with van der Waals surface area (Å²) in [5.41, 5.74) is 1.55. The lowest BCUT2D eigenvalue weighted by Gasteiger charge is -2.23. The van der Waals surface area contributed by atoms with Crippen LogP contribution < -0.4 is 5.32 Å². The van der Waals surface area contributed by atoms with E-state index >= 15 is 0 Å². The SMILES string of the molecule is Cc1cc(NC(=O)COC(=O)[C@H](C)N2C(=O)[C@@H]3[C@H]4CC[C@@H](C4)[C@@H]3C2=O)ccc1Br. The number of anilines is 1. The smallest absolute Gasteiger partial charge is 0.329 e. The van der Waals surface area contributed by atoms with Crippen molar-refractivity contribution in [2.24, 2.45) is 23.7 Å². The number of amides is 3. The number of nitrogens with one attached hydrogen (secondary N) is 1. The number of halogens is 1. The van der Waals surface area contributed by atoms with Crippen LogP contribution in [-0.2, 0) is 23.9 Å². The number of carbonyl (C=O) groups is 4. The highest BCUT2D eigenvalue weighted by Gasteiger charge is 2.62. The van der Waals surface area contributed by atoms with E-state index in [2.05, 4.69) is 21.2 Å². The molecule has 3 aliphatic rings. The second kappa shape index (κ2) is 7.55. The number of benzene rings is 1. The Morgan fingerprint density at radius 2 is 1.83 bits per heavy atom. The van der Waals surface area contributed by atoms with Gasteiger partial charge in [-0.2, -0.15) is 0 Å². The third-order valence-corrected chi connectivity index (χ3v) is 7.37. The fourth-order valence-corrected chi connectivity index (χ4v) is 5.34. The molecule has 2 aliphatic carbocycles. The Kier molecular flexibility index (Phi) is 5.23. The lowest BCUT2D eigenvalue weighted by atomic mass is 9.81. The molecule has 3 amide bonds. The van der Waals surface area contributed by atoms with E-state index in [-0.39, 0.29) is 35.5 Å². The zero-order valence-electron chi connectivity index (χ0n) is 16.3. The topological polar surface area (TPSA) is 92.8 Å². The van der Waals surface area contributed by atoms with E-state index in [4.69, 9.17) is 4.74 Å². The number of esters is 1. The maximum Gasteiger partial charge on any atom is 0.329 e. The van der Waals surface area contributed by atoms with Crippen molar-refractivity contribution in [3.8, 4) is 0 Å². The van der Waals surface area contributed by atoms with Gasteiger partial charge in [-0.25, -0.2) is 4.79 Å². The van der Waals surface area contributed by atoms with Crippen LogP contribution >= 0.6 is 15.9 Å². The van der Waals surface area contributed by atoms with Gasteiger partial charge in [-0.1, -0.05) is 15.9 Å². The van der Waals surface area contributed by atoms with Crippen LogP contribution in [0.2, 0.25) is 0 Å². The number of imide groups is 1. The van der Waals surface area contributed by atoms with E-state index in [1.807, 2.05) is 13.0 Å². The minimum absolute atomic E-state index is 0.258. The van der Waals surface area contributed by atoms with Gasteiger partial charge >= 0.3 is 5.97 Å². The first-order valence-corrected chi connectivity index (χ1v) is 10.7. The highest BCUT2D eigenvalue weighted by atomic mass is 79.9. The molecule has 7 nitrogen and oxygen atoms in total. The van der Waals surface area contributed by atoms with Crippen LogP contribution in [0.4, 0.5) is 5.69 Å². The van der Waals surface area contributed by atoms with E-state index in [1.165, 1.54) is 6.92 Å². The number of fused-ring (bicyclic) bond motifs is 5. The molecule has 1 heterocycles. The van der Waals surface area contributed by atoms with Gasteiger partial charge < -0.3 is 10.1 Å². The summed E-state index contributed by atoms with van der Waals surface area (Å²) >= 11 is 3.39. The Hall–Kier alpha value is -2.22. The van der Waals surface area contributed by atoms with Gasteiger partial charge in [0, 0.05) is 10.2 Å². The molecule has 2 bridgehead atoms. The highest BCUT2D eigenvalue weighted by Crippen LogP contribution is 2.56. The third-order valence-electron chi connectivity index (χ3n) is 6.48. The van der Waals surface area contributed by atoms with Crippen molar-refractivity contribution in [1.82, 2.24) is 4.90 Å². The van der Waals surface area contributed by atoms with Crippen molar-refractivity contribution in [2.45, 2.75) is 39.2 Å². The number of ether oxygens (including phenoxy) is 1. The number of nitrogens with zero attached hydrogens (tertiary/aromatic N) is 1. The van der Waals surface area contributed by atoms with Crippen molar-refractivity contribution in [3.63, 3.8) is 0 Å². The number of rotatable bonds is 5. The van der Waals surface area contributed by atoms with Gasteiger partial charge in [-0.15, -0.1) is 0 Å². The molecular formula is C21H23BrN2O5. The molecule has 1 aromatic rings. The largest absolute Gasteiger partial charge is 0.454 e. The molecular weight excluding hydrogens is 440 g/mol. The molecule has 5 atom stereocenters. The Balaban J connectivity index is 1.34. The second-order valence-electron chi connectivity index (χ2n) is 8.23. The first-order valence-electron chi connectivity index (χ1n) is 9.87. The van der Waals surface area contributed by atoms with Gasteiger partial charge in [-0.3, -0.25) is 19.3 Å². The van der Waals surface area contributed by atoms with E-state index in [1.54, 1.807) is 12.1 Å². The minimum atomic E-state index is -1.03. The lowest BCUT2D eigenvalue weighted by molar-refractivity contribution is -0.159. The van der Waals surface area contributed by atoms with E-state index < -0.39 is 24.5 Å². The molecule has 4 rings (SSSR count). The average Bonchev–Trinajstić information content (AvgIpc) is 3.36. The Bertz CT molecular complexity index is 873. The maximum absolute atomic E-state index is 12.8. The van der Waals surface area contributed by atoms with Crippen LogP contribution in [0.5, 0.6) is 0 Å². The van der Waals surface area contributed by atoms with Crippen molar-refractivity contribution < 1.29 is 23.9 Å². The normalized spacial score (nSPS) is 28.4. The first-order chi connectivity index (χ1) is 13.8. The van der Waals surface area contributed by atoms with Crippen LogP contribution in [0, 0.1) is 30.6 Å². The summed E-state index contributed by atoms with van der Waals surface area (Å²) in [6.07, 6.45) is 2.90. The molecule has 0 unspecified atom stereocenters. The zero-order valence-corrected chi connectivity index (χ0v) is 17.9. The van der Waals surface area contributed by atoms with E-state index in [9.17, 15) is 19.2 Å². The fourth-order valence-electron chi connectivity index (χ4n) is 5.10. The number of hydrogen-bond acceptors (Lipinski definition) is 5. The van der Waals surface area contributed by atoms with E-state index in [0.29, 0.717) is 5.69 Å². The van der Waals surface area contributed by atoms with Gasteiger partial charge in [0.25, 0.3) is 5.91 Å². The molecule has 0 spiro atoms. The van der Waals surface area contributed by atoms with Gasteiger partial charge in [-0.05, 0) is 68.7 Å². The summed E-state index contributed by atoms with van der Waals surface area (Å²) in [5, 5.41) is 2.66. The first kappa shape index (κ1) is 20.1. The minimum Gasteiger partial charge on any atom is -0.454 e. The van der Waals surface area contributed by atoms with Crippen molar-refractivity contribution >= 4 is 45.3 Å². The fraction of sp³-hybridized carbons (Fsp3) is 0.524. The Morgan fingerprint density at radius 3 is 2.41 bits per heavy atom. The van der Waals surface area contributed by atoms with Crippen LogP contribution in [0.25, 0.3) is 0 Å². The number of carbonyl (C=O) groups excluding carboxylic acids is 4. The molecule has 1 aromatic carbocycles. The number of hydrogen-bond donors (Lipinski definition) is 1. The van der Waals surface area contributed by atoms with Crippen LogP contribution in [-0.4, -0.2) is 41.2 Å². The van der Waals surface area contributed by atoms with Crippen LogP contribution in [0.1, 0.15) is 31.7 Å².